The average Bonchev–Trinajstić information content (AvgIpc) is 3.66. The summed E-state index contributed by atoms with van der Waals surface area (Å²) in [4.78, 5) is 12.5. The minimum Gasteiger partial charge on any atom is -0.494 e. The molecule has 35 heavy (non-hydrogen) atoms. The number of carbonyl (C=O) groups is 1. The van der Waals surface area contributed by atoms with Gasteiger partial charge < -0.3 is 14.2 Å². The molecule has 1 aliphatic carbocycles. The number of hydrogen-bond donors (Lipinski definition) is 0. The molecule has 1 aliphatic rings. The lowest BCUT2D eigenvalue weighted by atomic mass is 10.1. The lowest BCUT2D eigenvalue weighted by Crippen LogP contribution is -2.08. The predicted molar refractivity (Wildman–Crippen MR) is 143 cm³/mol. The second kappa shape index (κ2) is 15.6. The van der Waals surface area contributed by atoms with E-state index in [1.807, 2.05) is 24.3 Å². The predicted octanol–water partition coefficient (Wildman–Crippen LogP) is 8.35. The van der Waals surface area contributed by atoms with Crippen LogP contribution < -0.4 is 9.47 Å². The first-order valence-electron chi connectivity index (χ1n) is 13.8. The molecule has 0 amide bonds. The highest BCUT2D eigenvalue weighted by Crippen LogP contribution is 2.47. The Morgan fingerprint density at radius 2 is 1.34 bits per heavy atom. The van der Waals surface area contributed by atoms with Crippen LogP contribution in [0.4, 0.5) is 0 Å². The quantitative estimate of drug-likeness (QED) is 0.122. The topological polar surface area (TPSA) is 44.8 Å². The summed E-state index contributed by atoms with van der Waals surface area (Å²) in [6, 6.07) is 15.2. The molecule has 1 saturated carbocycles. The van der Waals surface area contributed by atoms with Gasteiger partial charge in [0.2, 0.25) is 0 Å². The van der Waals surface area contributed by atoms with Gasteiger partial charge in [-0.1, -0.05) is 77.3 Å². The second-order valence-corrected chi connectivity index (χ2v) is 9.84. The van der Waals surface area contributed by atoms with Crippen molar-refractivity contribution in [3.05, 3.63) is 59.7 Å². The van der Waals surface area contributed by atoms with Gasteiger partial charge in [-0.3, -0.25) is 0 Å². The van der Waals surface area contributed by atoms with Crippen molar-refractivity contribution in [3.8, 4) is 11.5 Å². The van der Waals surface area contributed by atoms with Crippen molar-refractivity contribution in [2.45, 2.75) is 90.4 Å². The van der Waals surface area contributed by atoms with E-state index in [0.29, 0.717) is 23.1 Å². The Kier molecular flexibility index (Phi) is 12.2. The molecule has 1 fully saturated rings. The van der Waals surface area contributed by atoms with Crippen molar-refractivity contribution in [1.82, 2.24) is 0 Å². The van der Waals surface area contributed by atoms with E-state index in [-0.39, 0.29) is 5.97 Å². The number of ether oxygens (including phenoxy) is 3. The molecule has 0 aliphatic heterocycles. The molecule has 0 radical (unpaired) electrons. The molecule has 0 N–H and O–H groups in total. The van der Waals surface area contributed by atoms with Crippen LogP contribution in [0.15, 0.2) is 48.5 Å². The molecule has 0 unspecified atom stereocenters. The van der Waals surface area contributed by atoms with Gasteiger partial charge in [-0.25, -0.2) is 4.79 Å². The van der Waals surface area contributed by atoms with Crippen LogP contribution in [-0.4, -0.2) is 25.8 Å². The Bertz CT molecular complexity index is 843. The summed E-state index contributed by atoms with van der Waals surface area (Å²) in [5.74, 6) is 2.21. The first-order chi connectivity index (χ1) is 17.2. The maximum Gasteiger partial charge on any atom is 0.343 e. The Hall–Kier alpha value is -2.33. The van der Waals surface area contributed by atoms with E-state index in [0.717, 1.165) is 32.0 Å². The zero-order chi connectivity index (χ0) is 24.7. The van der Waals surface area contributed by atoms with Gasteiger partial charge in [0, 0.05) is 13.2 Å². The molecule has 0 spiro atoms. The third kappa shape index (κ3) is 10.0. The standard InChI is InChI=1S/C31H44O4/c1-3-5-7-9-10-12-22-34-28-17-15-26(16-18-28)31(32)35-29-19-13-25(14-20-29)30-23-27(30)24-33-21-11-8-6-4-2/h13-20,27,30H,3-12,21-24H2,1-2H3/t27-,30+/m0/s1. The van der Waals surface area contributed by atoms with Crippen LogP contribution in [0.2, 0.25) is 0 Å². The van der Waals surface area contributed by atoms with E-state index < -0.39 is 0 Å². The van der Waals surface area contributed by atoms with Crippen molar-refractivity contribution in [2.75, 3.05) is 19.8 Å². The molecular formula is C31H44O4. The van der Waals surface area contributed by atoms with E-state index >= 15 is 0 Å². The van der Waals surface area contributed by atoms with Gasteiger partial charge in [0.15, 0.2) is 0 Å². The number of unbranched alkanes of at least 4 members (excludes halogenated alkanes) is 8. The Balaban J connectivity index is 1.33. The van der Waals surface area contributed by atoms with Crippen LogP contribution in [0.5, 0.6) is 11.5 Å². The second-order valence-electron chi connectivity index (χ2n) is 9.84. The summed E-state index contributed by atoms with van der Waals surface area (Å²) in [7, 11) is 0. The van der Waals surface area contributed by atoms with Gasteiger partial charge >= 0.3 is 5.97 Å². The maximum atomic E-state index is 12.5. The number of carbonyl (C=O) groups excluding carboxylic acids is 1. The summed E-state index contributed by atoms with van der Waals surface area (Å²) in [5, 5.41) is 0. The largest absolute Gasteiger partial charge is 0.494 e. The van der Waals surface area contributed by atoms with E-state index in [2.05, 4.69) is 26.0 Å². The van der Waals surface area contributed by atoms with Crippen molar-refractivity contribution >= 4 is 5.97 Å². The average molecular weight is 481 g/mol. The van der Waals surface area contributed by atoms with E-state index in [1.165, 1.54) is 69.8 Å². The molecule has 2 aromatic rings. The highest BCUT2D eigenvalue weighted by atomic mass is 16.5. The highest BCUT2D eigenvalue weighted by Gasteiger charge is 2.38. The van der Waals surface area contributed by atoms with Crippen molar-refractivity contribution < 1.29 is 19.0 Å². The molecule has 2 atom stereocenters. The molecule has 0 heterocycles. The third-order valence-corrected chi connectivity index (χ3v) is 6.77. The number of benzene rings is 2. The highest BCUT2D eigenvalue weighted by molar-refractivity contribution is 5.91. The maximum absolute atomic E-state index is 12.5. The normalized spacial score (nSPS) is 16.7. The number of esters is 1. The van der Waals surface area contributed by atoms with Crippen LogP contribution in [0.25, 0.3) is 0 Å². The van der Waals surface area contributed by atoms with Crippen molar-refractivity contribution in [1.29, 1.82) is 0 Å². The van der Waals surface area contributed by atoms with Crippen molar-refractivity contribution in [3.63, 3.8) is 0 Å². The monoisotopic (exact) mass is 480 g/mol. The summed E-state index contributed by atoms with van der Waals surface area (Å²) in [5.41, 5.74) is 1.83. The Morgan fingerprint density at radius 3 is 2.06 bits per heavy atom. The molecule has 2 aromatic carbocycles. The van der Waals surface area contributed by atoms with Crippen LogP contribution in [0, 0.1) is 5.92 Å². The minimum absolute atomic E-state index is 0.346. The Labute approximate surface area is 212 Å². The lowest BCUT2D eigenvalue weighted by Gasteiger charge is -2.08. The van der Waals surface area contributed by atoms with Gasteiger partial charge in [0.25, 0.3) is 0 Å². The molecule has 4 heteroatoms. The first kappa shape index (κ1) is 27.3. The summed E-state index contributed by atoms with van der Waals surface area (Å²) in [6.45, 7) is 6.91. The fourth-order valence-corrected chi connectivity index (χ4v) is 4.41. The van der Waals surface area contributed by atoms with Crippen LogP contribution >= 0.6 is 0 Å². The fourth-order valence-electron chi connectivity index (χ4n) is 4.41. The summed E-state index contributed by atoms with van der Waals surface area (Å²) in [6.07, 6.45) is 13.6. The number of hydrogen-bond acceptors (Lipinski definition) is 4. The van der Waals surface area contributed by atoms with Crippen LogP contribution in [-0.2, 0) is 4.74 Å². The molecule has 3 rings (SSSR count). The third-order valence-electron chi connectivity index (χ3n) is 6.77. The van der Waals surface area contributed by atoms with Gasteiger partial charge in [0.1, 0.15) is 11.5 Å². The van der Waals surface area contributed by atoms with Gasteiger partial charge in [-0.2, -0.15) is 0 Å². The van der Waals surface area contributed by atoms with Crippen LogP contribution in [0.1, 0.15) is 106 Å². The zero-order valence-corrected chi connectivity index (χ0v) is 21.8. The minimum atomic E-state index is -0.346. The molecule has 0 saturated heterocycles. The molecule has 192 valence electrons. The van der Waals surface area contributed by atoms with E-state index in [4.69, 9.17) is 14.2 Å². The lowest BCUT2D eigenvalue weighted by molar-refractivity contribution is 0.0734. The van der Waals surface area contributed by atoms with E-state index in [1.54, 1.807) is 12.1 Å². The van der Waals surface area contributed by atoms with Crippen molar-refractivity contribution in [2.24, 2.45) is 5.92 Å². The zero-order valence-electron chi connectivity index (χ0n) is 21.8. The summed E-state index contributed by atoms with van der Waals surface area (Å²) >= 11 is 0. The van der Waals surface area contributed by atoms with E-state index in [9.17, 15) is 4.79 Å². The molecular weight excluding hydrogens is 436 g/mol. The molecule has 0 aromatic heterocycles. The molecule has 0 bridgehead atoms. The Morgan fingerprint density at radius 1 is 0.743 bits per heavy atom. The van der Waals surface area contributed by atoms with Gasteiger partial charge in [0.05, 0.1) is 12.2 Å². The van der Waals surface area contributed by atoms with Gasteiger partial charge in [-0.15, -0.1) is 0 Å². The fraction of sp³-hybridized carbons (Fsp3) is 0.581. The van der Waals surface area contributed by atoms with Gasteiger partial charge in [-0.05, 0) is 73.1 Å². The first-order valence-corrected chi connectivity index (χ1v) is 13.8. The number of rotatable bonds is 18. The smallest absolute Gasteiger partial charge is 0.343 e. The molecule has 4 nitrogen and oxygen atoms in total. The van der Waals surface area contributed by atoms with Crippen LogP contribution in [0.3, 0.4) is 0 Å². The SMILES string of the molecule is CCCCCCCCOc1ccc(C(=O)Oc2ccc([C@H]3C[C@H]3COCCCCCC)cc2)cc1. The summed E-state index contributed by atoms with van der Waals surface area (Å²) < 4.78 is 17.2.